The first-order valence-electron chi connectivity index (χ1n) is 5.93. The summed E-state index contributed by atoms with van der Waals surface area (Å²) in [5.74, 6) is 0.797. The SMILES string of the molecule is COc1ccccc1/C=N\NCc1ccccc1Cl. The molecule has 2 aromatic carbocycles. The molecular formula is C15H15ClN2O. The first-order valence-corrected chi connectivity index (χ1v) is 6.31. The van der Waals surface area contributed by atoms with Crippen LogP contribution in [0.3, 0.4) is 0 Å². The van der Waals surface area contributed by atoms with E-state index in [-0.39, 0.29) is 0 Å². The van der Waals surface area contributed by atoms with Crippen molar-refractivity contribution in [3.05, 3.63) is 64.7 Å². The molecular weight excluding hydrogens is 260 g/mol. The van der Waals surface area contributed by atoms with Gasteiger partial charge in [0.1, 0.15) is 5.75 Å². The quantitative estimate of drug-likeness (QED) is 0.669. The molecule has 19 heavy (non-hydrogen) atoms. The number of para-hydroxylation sites is 1. The molecule has 3 nitrogen and oxygen atoms in total. The third-order valence-corrected chi connectivity index (χ3v) is 3.03. The Labute approximate surface area is 117 Å². The zero-order valence-corrected chi connectivity index (χ0v) is 11.4. The van der Waals surface area contributed by atoms with Gasteiger partial charge in [0.05, 0.1) is 19.9 Å². The summed E-state index contributed by atoms with van der Waals surface area (Å²) in [5.41, 5.74) is 4.91. The number of hydrogen-bond donors (Lipinski definition) is 1. The summed E-state index contributed by atoms with van der Waals surface area (Å²) < 4.78 is 5.24. The number of hydrazone groups is 1. The Hall–Kier alpha value is -2.00. The highest BCUT2D eigenvalue weighted by molar-refractivity contribution is 6.31. The van der Waals surface area contributed by atoms with Crippen LogP contribution in [0.2, 0.25) is 5.02 Å². The van der Waals surface area contributed by atoms with E-state index in [1.54, 1.807) is 13.3 Å². The second-order valence-corrected chi connectivity index (χ2v) is 4.33. The monoisotopic (exact) mass is 274 g/mol. The van der Waals surface area contributed by atoms with E-state index >= 15 is 0 Å². The third-order valence-electron chi connectivity index (χ3n) is 2.66. The first kappa shape index (κ1) is 13.4. The molecule has 0 aliphatic carbocycles. The Morgan fingerprint density at radius 2 is 1.89 bits per heavy atom. The molecule has 0 saturated carbocycles. The topological polar surface area (TPSA) is 33.6 Å². The summed E-state index contributed by atoms with van der Waals surface area (Å²) in [6.07, 6.45) is 1.73. The van der Waals surface area contributed by atoms with E-state index < -0.39 is 0 Å². The van der Waals surface area contributed by atoms with E-state index in [0.29, 0.717) is 6.54 Å². The van der Waals surface area contributed by atoms with Crippen molar-refractivity contribution in [1.29, 1.82) is 0 Å². The molecule has 0 amide bonds. The molecule has 0 aliphatic rings. The Kier molecular flexibility index (Phi) is 4.81. The maximum absolute atomic E-state index is 6.06. The molecule has 0 heterocycles. The predicted molar refractivity (Wildman–Crippen MR) is 78.9 cm³/mol. The van der Waals surface area contributed by atoms with Crippen LogP contribution in [-0.2, 0) is 6.54 Å². The molecule has 0 aliphatic heterocycles. The van der Waals surface area contributed by atoms with Gasteiger partial charge < -0.3 is 10.2 Å². The number of nitrogens with zero attached hydrogens (tertiary/aromatic N) is 1. The van der Waals surface area contributed by atoms with Gasteiger partial charge >= 0.3 is 0 Å². The van der Waals surface area contributed by atoms with Gasteiger partial charge in [-0.1, -0.05) is 41.9 Å². The molecule has 4 heteroatoms. The average molecular weight is 275 g/mol. The van der Waals surface area contributed by atoms with Gasteiger partial charge in [-0.2, -0.15) is 5.10 Å². The molecule has 0 unspecified atom stereocenters. The smallest absolute Gasteiger partial charge is 0.127 e. The fourth-order valence-corrected chi connectivity index (χ4v) is 1.86. The van der Waals surface area contributed by atoms with Crippen molar-refractivity contribution >= 4 is 17.8 Å². The highest BCUT2D eigenvalue weighted by Gasteiger charge is 1.98. The van der Waals surface area contributed by atoms with Crippen molar-refractivity contribution in [1.82, 2.24) is 5.43 Å². The van der Waals surface area contributed by atoms with Gasteiger partial charge in [0, 0.05) is 10.6 Å². The van der Waals surface area contributed by atoms with Crippen molar-refractivity contribution < 1.29 is 4.74 Å². The number of hydrogen-bond acceptors (Lipinski definition) is 3. The zero-order valence-electron chi connectivity index (χ0n) is 10.6. The number of benzene rings is 2. The summed E-state index contributed by atoms with van der Waals surface area (Å²) in [6.45, 7) is 0.589. The molecule has 2 aromatic rings. The van der Waals surface area contributed by atoms with Crippen molar-refractivity contribution in [2.24, 2.45) is 5.10 Å². The van der Waals surface area contributed by atoms with E-state index in [9.17, 15) is 0 Å². The van der Waals surface area contributed by atoms with Crippen LogP contribution in [-0.4, -0.2) is 13.3 Å². The van der Waals surface area contributed by atoms with Gasteiger partial charge in [0.2, 0.25) is 0 Å². The van der Waals surface area contributed by atoms with Crippen molar-refractivity contribution in [2.45, 2.75) is 6.54 Å². The van der Waals surface area contributed by atoms with Crippen LogP contribution in [0.5, 0.6) is 5.75 Å². The standard InChI is InChI=1S/C15H15ClN2O/c1-19-15-9-5-3-7-13(15)11-18-17-10-12-6-2-4-8-14(12)16/h2-9,11,17H,10H2,1H3/b18-11-. The maximum Gasteiger partial charge on any atom is 0.127 e. The van der Waals surface area contributed by atoms with Crippen molar-refractivity contribution in [2.75, 3.05) is 7.11 Å². The van der Waals surface area contributed by atoms with Crippen LogP contribution >= 0.6 is 11.6 Å². The van der Waals surface area contributed by atoms with E-state index in [4.69, 9.17) is 16.3 Å². The fraction of sp³-hybridized carbons (Fsp3) is 0.133. The van der Waals surface area contributed by atoms with Crippen molar-refractivity contribution in [3.63, 3.8) is 0 Å². The molecule has 0 spiro atoms. The number of rotatable bonds is 5. The Morgan fingerprint density at radius 3 is 2.68 bits per heavy atom. The Bertz CT molecular complexity index is 570. The lowest BCUT2D eigenvalue weighted by Crippen LogP contribution is -2.06. The molecule has 1 N–H and O–H groups in total. The van der Waals surface area contributed by atoms with E-state index in [1.165, 1.54) is 0 Å². The zero-order chi connectivity index (χ0) is 13.5. The van der Waals surface area contributed by atoms with E-state index in [2.05, 4.69) is 10.5 Å². The number of methoxy groups -OCH3 is 1. The maximum atomic E-state index is 6.06. The van der Waals surface area contributed by atoms with Crippen LogP contribution in [0.15, 0.2) is 53.6 Å². The van der Waals surface area contributed by atoms with Gasteiger partial charge in [0.25, 0.3) is 0 Å². The normalized spacial score (nSPS) is 10.6. The summed E-state index contributed by atoms with van der Waals surface area (Å²) in [7, 11) is 1.64. The second kappa shape index (κ2) is 6.81. The molecule has 0 fully saturated rings. The molecule has 0 radical (unpaired) electrons. The van der Waals surface area contributed by atoms with Gasteiger partial charge in [-0.05, 0) is 23.8 Å². The molecule has 0 aromatic heterocycles. The molecule has 0 atom stereocenters. The Morgan fingerprint density at radius 1 is 1.16 bits per heavy atom. The lowest BCUT2D eigenvalue weighted by atomic mass is 10.2. The largest absolute Gasteiger partial charge is 0.496 e. The molecule has 0 saturated heterocycles. The van der Waals surface area contributed by atoms with Gasteiger partial charge in [-0.15, -0.1) is 0 Å². The van der Waals surface area contributed by atoms with E-state index in [0.717, 1.165) is 21.9 Å². The average Bonchev–Trinajstić information content (AvgIpc) is 2.45. The molecule has 98 valence electrons. The highest BCUT2D eigenvalue weighted by Crippen LogP contribution is 2.15. The summed E-state index contributed by atoms with van der Waals surface area (Å²) in [5, 5.41) is 4.91. The van der Waals surface area contributed by atoms with Gasteiger partial charge in [-0.3, -0.25) is 0 Å². The highest BCUT2D eigenvalue weighted by atomic mass is 35.5. The minimum Gasteiger partial charge on any atom is -0.496 e. The third kappa shape index (κ3) is 3.73. The first-order chi connectivity index (χ1) is 9.31. The van der Waals surface area contributed by atoms with Crippen LogP contribution < -0.4 is 10.2 Å². The van der Waals surface area contributed by atoms with Gasteiger partial charge in [0.15, 0.2) is 0 Å². The molecule has 0 bridgehead atoms. The van der Waals surface area contributed by atoms with Crippen LogP contribution in [0, 0.1) is 0 Å². The minimum atomic E-state index is 0.589. The summed E-state index contributed by atoms with van der Waals surface area (Å²) >= 11 is 6.06. The van der Waals surface area contributed by atoms with E-state index in [1.807, 2.05) is 48.5 Å². The summed E-state index contributed by atoms with van der Waals surface area (Å²) in [4.78, 5) is 0. The number of nitrogens with one attached hydrogen (secondary N) is 1. The van der Waals surface area contributed by atoms with Crippen molar-refractivity contribution in [3.8, 4) is 5.75 Å². The second-order valence-electron chi connectivity index (χ2n) is 3.93. The predicted octanol–water partition coefficient (Wildman–Crippen LogP) is 3.47. The summed E-state index contributed by atoms with van der Waals surface area (Å²) in [6, 6.07) is 15.4. The lowest BCUT2D eigenvalue weighted by molar-refractivity contribution is 0.414. The fourth-order valence-electron chi connectivity index (χ4n) is 1.66. The van der Waals surface area contributed by atoms with Crippen LogP contribution in [0.1, 0.15) is 11.1 Å². The van der Waals surface area contributed by atoms with Gasteiger partial charge in [-0.25, -0.2) is 0 Å². The molecule has 2 rings (SSSR count). The minimum absolute atomic E-state index is 0.589. The number of ether oxygens (including phenoxy) is 1. The lowest BCUT2D eigenvalue weighted by Gasteiger charge is -2.04. The Balaban J connectivity index is 1.96. The number of halogens is 1. The van der Waals surface area contributed by atoms with Crippen LogP contribution in [0.25, 0.3) is 0 Å². The van der Waals surface area contributed by atoms with Crippen LogP contribution in [0.4, 0.5) is 0 Å².